The van der Waals surface area contributed by atoms with Gasteiger partial charge in [0.2, 0.25) is 0 Å². The Labute approximate surface area is 232 Å². The van der Waals surface area contributed by atoms with Crippen LogP contribution in [-0.4, -0.2) is 68.7 Å². The molecule has 6 rings (SSSR count). The minimum Gasteiger partial charge on any atom is -0.497 e. The summed E-state index contributed by atoms with van der Waals surface area (Å²) in [5.41, 5.74) is 4.90. The minimum absolute atomic E-state index is 0.0197. The van der Waals surface area contributed by atoms with Crippen LogP contribution in [0, 0.1) is 6.92 Å². The van der Waals surface area contributed by atoms with Gasteiger partial charge in [0.25, 0.3) is 5.91 Å². The third-order valence-corrected chi connectivity index (χ3v) is 7.30. The van der Waals surface area contributed by atoms with E-state index in [2.05, 4.69) is 20.3 Å². The van der Waals surface area contributed by atoms with Gasteiger partial charge in [-0.3, -0.25) is 9.78 Å². The van der Waals surface area contributed by atoms with Crippen molar-refractivity contribution in [2.45, 2.75) is 26.4 Å². The average Bonchev–Trinajstić information content (AvgIpc) is 3.40. The Balaban J connectivity index is 1.26. The maximum Gasteiger partial charge on any atom is 0.254 e. The van der Waals surface area contributed by atoms with Gasteiger partial charge in [-0.1, -0.05) is 24.3 Å². The Hall–Kier alpha value is -4.57. The first-order valence-corrected chi connectivity index (χ1v) is 13.3. The molecular weight excluding hydrogens is 506 g/mol. The number of nitrogens with one attached hydrogen (secondary N) is 1. The van der Waals surface area contributed by atoms with Crippen molar-refractivity contribution in [3.05, 3.63) is 83.7 Å². The molecule has 1 atom stereocenters. The number of morpholine rings is 1. The number of aromatic nitrogens is 5. The van der Waals surface area contributed by atoms with E-state index in [-0.39, 0.29) is 11.9 Å². The summed E-state index contributed by atoms with van der Waals surface area (Å²) in [6, 6.07) is 15.7. The van der Waals surface area contributed by atoms with Crippen LogP contribution in [0.3, 0.4) is 0 Å². The zero-order valence-electron chi connectivity index (χ0n) is 22.8. The molecule has 0 radical (unpaired) electrons. The summed E-state index contributed by atoms with van der Waals surface area (Å²) in [6.07, 6.45) is 3.33. The standard InChI is InChI=1S/C30H31N7O3/c1-19(25-15-22-5-4-6-24(26(22)20(2)34-25)30(38)36-11-13-40-14-12-36)35-28-27-29(32-17-31-28)37(18-33-27)16-21-7-9-23(39-3)10-8-21/h4-10,15,17-19H,11-14,16H2,1-3H3,(H,31,32,35)/t19-/m0/s1. The number of benzene rings is 2. The first kappa shape index (κ1) is 25.7. The van der Waals surface area contributed by atoms with Crippen LogP contribution >= 0.6 is 0 Å². The zero-order valence-corrected chi connectivity index (χ0v) is 22.8. The molecule has 3 aromatic heterocycles. The van der Waals surface area contributed by atoms with Gasteiger partial charge in [0.05, 0.1) is 44.9 Å². The molecule has 1 aliphatic rings. The molecule has 204 valence electrons. The number of amides is 1. The SMILES string of the molecule is COc1ccc(Cn2cnc3c(N[C@@H](C)c4cc5cccc(C(=O)N6CCOCC6)c5c(C)n4)ncnc32)cc1. The van der Waals surface area contributed by atoms with Crippen LogP contribution in [0.2, 0.25) is 0 Å². The topological polar surface area (TPSA) is 107 Å². The molecule has 40 heavy (non-hydrogen) atoms. The largest absolute Gasteiger partial charge is 0.497 e. The van der Waals surface area contributed by atoms with E-state index in [1.807, 2.05) is 71.8 Å². The molecule has 0 aliphatic carbocycles. The van der Waals surface area contributed by atoms with E-state index >= 15 is 0 Å². The van der Waals surface area contributed by atoms with Gasteiger partial charge in [0.1, 0.15) is 17.6 Å². The Morgan fingerprint density at radius 2 is 1.90 bits per heavy atom. The first-order chi connectivity index (χ1) is 19.5. The fraction of sp³-hybridized carbons (Fsp3) is 0.300. The highest BCUT2D eigenvalue weighted by molar-refractivity contribution is 6.08. The van der Waals surface area contributed by atoms with Crippen LogP contribution in [0.5, 0.6) is 5.75 Å². The van der Waals surface area contributed by atoms with Gasteiger partial charge in [0, 0.05) is 29.7 Å². The van der Waals surface area contributed by atoms with Gasteiger partial charge in [-0.25, -0.2) is 15.0 Å². The van der Waals surface area contributed by atoms with Crippen molar-refractivity contribution in [3.63, 3.8) is 0 Å². The van der Waals surface area contributed by atoms with Gasteiger partial charge < -0.3 is 24.3 Å². The number of ether oxygens (including phenoxy) is 2. The molecule has 0 saturated carbocycles. The molecule has 1 aliphatic heterocycles. The van der Waals surface area contributed by atoms with Crippen LogP contribution in [0.4, 0.5) is 5.82 Å². The summed E-state index contributed by atoms with van der Waals surface area (Å²) in [5.74, 6) is 1.48. The van der Waals surface area contributed by atoms with Crippen LogP contribution < -0.4 is 10.1 Å². The molecule has 1 N–H and O–H groups in total. The van der Waals surface area contributed by atoms with Crippen LogP contribution in [0.1, 0.15) is 40.3 Å². The van der Waals surface area contributed by atoms with Crippen molar-refractivity contribution in [3.8, 4) is 5.75 Å². The minimum atomic E-state index is -0.161. The molecule has 0 spiro atoms. The lowest BCUT2D eigenvalue weighted by Gasteiger charge is -2.27. The molecule has 0 unspecified atom stereocenters. The third kappa shape index (κ3) is 4.93. The number of anilines is 1. The summed E-state index contributed by atoms with van der Waals surface area (Å²) in [6.45, 7) is 6.96. The molecule has 5 aromatic rings. The highest BCUT2D eigenvalue weighted by Gasteiger charge is 2.22. The molecule has 1 fully saturated rings. The van der Waals surface area contributed by atoms with Crippen molar-refractivity contribution in [1.82, 2.24) is 29.4 Å². The summed E-state index contributed by atoms with van der Waals surface area (Å²) in [5, 5.41) is 5.34. The van der Waals surface area contributed by atoms with Crippen LogP contribution in [0.25, 0.3) is 21.9 Å². The maximum absolute atomic E-state index is 13.3. The Morgan fingerprint density at radius 3 is 2.67 bits per heavy atom. The highest BCUT2D eigenvalue weighted by Crippen LogP contribution is 2.28. The summed E-state index contributed by atoms with van der Waals surface area (Å²) >= 11 is 0. The summed E-state index contributed by atoms with van der Waals surface area (Å²) in [7, 11) is 1.66. The van der Waals surface area contributed by atoms with E-state index in [0.717, 1.165) is 39.1 Å². The highest BCUT2D eigenvalue weighted by atomic mass is 16.5. The van der Waals surface area contributed by atoms with E-state index in [9.17, 15) is 4.79 Å². The third-order valence-electron chi connectivity index (χ3n) is 7.30. The van der Waals surface area contributed by atoms with E-state index < -0.39 is 0 Å². The fourth-order valence-corrected chi connectivity index (χ4v) is 5.18. The number of hydrogen-bond acceptors (Lipinski definition) is 8. The van der Waals surface area contributed by atoms with E-state index in [4.69, 9.17) is 14.5 Å². The maximum atomic E-state index is 13.3. The molecular formula is C30H31N7O3. The number of rotatable bonds is 7. The summed E-state index contributed by atoms with van der Waals surface area (Å²) < 4.78 is 12.7. The number of imidazole rings is 1. The Kier molecular flexibility index (Phi) is 7.00. The molecule has 2 aromatic carbocycles. The molecule has 1 saturated heterocycles. The number of carbonyl (C=O) groups excluding carboxylic acids is 1. The fourth-order valence-electron chi connectivity index (χ4n) is 5.18. The number of pyridine rings is 1. The number of methoxy groups -OCH3 is 1. The van der Waals surface area contributed by atoms with E-state index in [0.29, 0.717) is 49.7 Å². The number of nitrogens with zero attached hydrogens (tertiary/aromatic N) is 6. The van der Waals surface area contributed by atoms with Gasteiger partial charge in [-0.2, -0.15) is 0 Å². The number of aryl methyl sites for hydroxylation is 1. The quantitative estimate of drug-likeness (QED) is 0.326. The lowest BCUT2D eigenvalue weighted by atomic mass is 10.0. The van der Waals surface area contributed by atoms with Crippen LogP contribution in [-0.2, 0) is 11.3 Å². The second kappa shape index (κ2) is 10.9. The van der Waals surface area contributed by atoms with E-state index in [1.165, 1.54) is 0 Å². The molecule has 10 nitrogen and oxygen atoms in total. The Bertz CT molecular complexity index is 1680. The lowest BCUT2D eigenvalue weighted by molar-refractivity contribution is 0.0304. The van der Waals surface area contributed by atoms with Crippen LogP contribution in [0.15, 0.2) is 61.2 Å². The van der Waals surface area contributed by atoms with Gasteiger partial charge >= 0.3 is 0 Å². The Morgan fingerprint density at radius 1 is 1.10 bits per heavy atom. The van der Waals surface area contributed by atoms with Gasteiger partial charge in [-0.05, 0) is 49.1 Å². The second-order valence-corrected chi connectivity index (χ2v) is 9.92. The number of carbonyl (C=O) groups is 1. The molecule has 1 amide bonds. The molecule has 0 bridgehead atoms. The number of fused-ring (bicyclic) bond motifs is 2. The lowest BCUT2D eigenvalue weighted by Crippen LogP contribution is -2.40. The predicted octanol–water partition coefficient (Wildman–Crippen LogP) is 4.39. The molecule has 4 heterocycles. The average molecular weight is 538 g/mol. The van der Waals surface area contributed by atoms with Gasteiger partial charge in [-0.15, -0.1) is 0 Å². The predicted molar refractivity (Wildman–Crippen MR) is 153 cm³/mol. The van der Waals surface area contributed by atoms with Gasteiger partial charge in [0.15, 0.2) is 11.5 Å². The van der Waals surface area contributed by atoms with E-state index in [1.54, 1.807) is 19.8 Å². The normalized spacial score (nSPS) is 14.4. The smallest absolute Gasteiger partial charge is 0.254 e. The number of hydrogen-bond donors (Lipinski definition) is 1. The monoisotopic (exact) mass is 537 g/mol. The van der Waals surface area contributed by atoms with Crippen molar-refractivity contribution < 1.29 is 14.3 Å². The molecule has 10 heteroatoms. The van der Waals surface area contributed by atoms with Crippen molar-refractivity contribution in [2.24, 2.45) is 0 Å². The zero-order chi connectivity index (χ0) is 27.6. The second-order valence-electron chi connectivity index (χ2n) is 9.92. The first-order valence-electron chi connectivity index (χ1n) is 13.3. The summed E-state index contributed by atoms with van der Waals surface area (Å²) in [4.78, 5) is 33.7. The van der Waals surface area contributed by atoms with Crippen molar-refractivity contribution in [2.75, 3.05) is 38.7 Å². The van der Waals surface area contributed by atoms with Crippen molar-refractivity contribution >= 4 is 33.7 Å². The van der Waals surface area contributed by atoms with Crippen molar-refractivity contribution in [1.29, 1.82) is 0 Å².